The van der Waals surface area contributed by atoms with Gasteiger partial charge in [-0.2, -0.15) is 5.26 Å². The van der Waals surface area contributed by atoms with Crippen LogP contribution in [0.4, 0.5) is 4.39 Å². The van der Waals surface area contributed by atoms with Crippen LogP contribution in [0.2, 0.25) is 0 Å². The number of rotatable bonds is 5. The van der Waals surface area contributed by atoms with Crippen LogP contribution in [0.5, 0.6) is 5.75 Å². The van der Waals surface area contributed by atoms with Crippen LogP contribution in [0.15, 0.2) is 24.3 Å². The van der Waals surface area contributed by atoms with E-state index in [2.05, 4.69) is 11.4 Å². The van der Waals surface area contributed by atoms with Gasteiger partial charge in [0.05, 0.1) is 12.7 Å². The van der Waals surface area contributed by atoms with E-state index in [-0.39, 0.29) is 5.82 Å². The fraction of sp³-hybridized carbons (Fsp3) is 0.417. The molecule has 0 aromatic heterocycles. The molecule has 0 spiro atoms. The van der Waals surface area contributed by atoms with Crippen molar-refractivity contribution in [2.75, 3.05) is 13.7 Å². The van der Waals surface area contributed by atoms with E-state index in [9.17, 15) is 4.39 Å². The van der Waals surface area contributed by atoms with Crippen molar-refractivity contribution < 1.29 is 9.13 Å². The van der Waals surface area contributed by atoms with Gasteiger partial charge in [-0.15, -0.1) is 0 Å². The molecular weight excluding hydrogens is 207 g/mol. The molecule has 4 heteroatoms. The van der Waals surface area contributed by atoms with Gasteiger partial charge in [0.2, 0.25) is 0 Å². The Bertz CT molecular complexity index is 389. The highest BCUT2D eigenvalue weighted by Crippen LogP contribution is 2.14. The van der Waals surface area contributed by atoms with Crippen molar-refractivity contribution in [3.63, 3.8) is 0 Å². The maximum Gasteiger partial charge on any atom is 0.126 e. The highest BCUT2D eigenvalue weighted by atomic mass is 19.1. The van der Waals surface area contributed by atoms with Crippen LogP contribution in [0.3, 0.4) is 0 Å². The summed E-state index contributed by atoms with van der Waals surface area (Å²) in [4.78, 5) is 0. The number of hydrogen-bond acceptors (Lipinski definition) is 3. The zero-order valence-electron chi connectivity index (χ0n) is 9.46. The van der Waals surface area contributed by atoms with E-state index in [0.717, 1.165) is 0 Å². The average Bonchev–Trinajstić information content (AvgIpc) is 2.29. The number of nitrogens with zero attached hydrogens (tertiary/aromatic N) is 1. The van der Waals surface area contributed by atoms with Crippen LogP contribution < -0.4 is 10.1 Å². The van der Waals surface area contributed by atoms with E-state index in [1.165, 1.54) is 12.1 Å². The first-order chi connectivity index (χ1) is 7.59. The molecule has 0 saturated carbocycles. The maximum absolute atomic E-state index is 12.8. The first-order valence-corrected chi connectivity index (χ1v) is 5.08. The van der Waals surface area contributed by atoms with Crippen molar-refractivity contribution in [3.8, 4) is 11.8 Å². The predicted molar refractivity (Wildman–Crippen MR) is 59.6 cm³/mol. The average molecular weight is 222 g/mol. The van der Waals surface area contributed by atoms with Crippen LogP contribution >= 0.6 is 0 Å². The number of ether oxygens (including phenoxy) is 1. The number of nitrogens with one attached hydrogen (secondary N) is 1. The Kier molecular flexibility index (Phi) is 4.27. The van der Waals surface area contributed by atoms with E-state index in [4.69, 9.17) is 10.00 Å². The van der Waals surface area contributed by atoms with Gasteiger partial charge in [0.1, 0.15) is 17.1 Å². The van der Waals surface area contributed by atoms with Crippen LogP contribution in [0, 0.1) is 17.1 Å². The van der Waals surface area contributed by atoms with Gasteiger partial charge >= 0.3 is 0 Å². The zero-order chi connectivity index (χ0) is 12.0. The Morgan fingerprint density at radius 3 is 2.88 bits per heavy atom. The fourth-order valence-corrected chi connectivity index (χ4v) is 1.17. The lowest BCUT2D eigenvalue weighted by Gasteiger charge is -2.20. The smallest absolute Gasteiger partial charge is 0.126 e. The van der Waals surface area contributed by atoms with E-state index in [1.807, 2.05) is 0 Å². The van der Waals surface area contributed by atoms with E-state index < -0.39 is 5.54 Å². The molecule has 0 heterocycles. The van der Waals surface area contributed by atoms with E-state index >= 15 is 0 Å². The van der Waals surface area contributed by atoms with E-state index in [0.29, 0.717) is 18.8 Å². The first kappa shape index (κ1) is 12.5. The normalized spacial score (nSPS) is 13.9. The molecule has 0 radical (unpaired) electrons. The minimum Gasteiger partial charge on any atom is -0.493 e. The minimum absolute atomic E-state index is 0.325. The third-order valence-corrected chi connectivity index (χ3v) is 2.47. The third kappa shape index (κ3) is 3.52. The molecule has 1 unspecified atom stereocenters. The molecule has 1 aromatic rings. The summed E-state index contributed by atoms with van der Waals surface area (Å²) in [6, 6.07) is 8.12. The molecule has 16 heavy (non-hydrogen) atoms. The predicted octanol–water partition coefficient (Wildman–Crippen LogP) is 2.10. The Labute approximate surface area is 94.8 Å². The first-order valence-electron chi connectivity index (χ1n) is 5.08. The van der Waals surface area contributed by atoms with Crippen molar-refractivity contribution in [2.24, 2.45) is 0 Å². The molecule has 0 amide bonds. The maximum atomic E-state index is 12.8. The molecule has 86 valence electrons. The second kappa shape index (κ2) is 5.47. The van der Waals surface area contributed by atoms with Gasteiger partial charge in [-0.25, -0.2) is 4.39 Å². The standard InChI is InChI=1S/C12H15FN2O/c1-12(9-14,15-2)6-7-16-11-5-3-4-10(13)8-11/h3-5,8,15H,6-7H2,1-2H3. The van der Waals surface area contributed by atoms with Gasteiger partial charge in [-0.3, -0.25) is 0 Å². The Balaban J connectivity index is 2.45. The SMILES string of the molecule is CNC(C)(C#N)CCOc1cccc(F)c1. The molecule has 0 bridgehead atoms. The van der Waals surface area contributed by atoms with Gasteiger partial charge < -0.3 is 10.1 Å². The summed E-state index contributed by atoms with van der Waals surface area (Å²) in [6.45, 7) is 2.16. The largest absolute Gasteiger partial charge is 0.493 e. The topological polar surface area (TPSA) is 45.0 Å². The van der Waals surface area contributed by atoms with Crippen molar-refractivity contribution in [1.82, 2.24) is 5.32 Å². The fourth-order valence-electron chi connectivity index (χ4n) is 1.17. The van der Waals surface area contributed by atoms with Crippen molar-refractivity contribution in [2.45, 2.75) is 18.9 Å². The molecule has 0 aliphatic heterocycles. The second-order valence-corrected chi connectivity index (χ2v) is 3.75. The molecule has 1 aromatic carbocycles. The number of halogens is 1. The molecule has 3 nitrogen and oxygen atoms in total. The van der Waals surface area contributed by atoms with Crippen molar-refractivity contribution in [1.29, 1.82) is 5.26 Å². The van der Waals surface area contributed by atoms with E-state index in [1.54, 1.807) is 26.1 Å². The Hall–Kier alpha value is -1.60. The van der Waals surface area contributed by atoms with Gasteiger partial charge in [0.15, 0.2) is 0 Å². The number of hydrogen-bond donors (Lipinski definition) is 1. The highest BCUT2D eigenvalue weighted by molar-refractivity contribution is 5.22. The molecule has 0 fully saturated rings. The van der Waals surface area contributed by atoms with Gasteiger partial charge in [0.25, 0.3) is 0 Å². The Morgan fingerprint density at radius 2 is 2.31 bits per heavy atom. The summed E-state index contributed by atoms with van der Waals surface area (Å²) in [5.74, 6) is 0.158. The number of nitriles is 1. The second-order valence-electron chi connectivity index (χ2n) is 3.75. The molecular formula is C12H15FN2O. The molecule has 1 N–H and O–H groups in total. The summed E-state index contributed by atoms with van der Waals surface area (Å²) in [7, 11) is 1.73. The van der Waals surface area contributed by atoms with Gasteiger partial charge in [-0.05, 0) is 26.1 Å². The van der Waals surface area contributed by atoms with Crippen LogP contribution in [0.25, 0.3) is 0 Å². The van der Waals surface area contributed by atoms with Crippen LogP contribution in [-0.4, -0.2) is 19.2 Å². The minimum atomic E-state index is -0.604. The molecule has 0 aliphatic carbocycles. The summed E-state index contributed by atoms with van der Waals surface area (Å²) >= 11 is 0. The summed E-state index contributed by atoms with van der Waals surface area (Å²) in [5.41, 5.74) is -0.604. The molecule has 1 rings (SSSR count). The molecule has 0 aliphatic rings. The zero-order valence-corrected chi connectivity index (χ0v) is 9.46. The lowest BCUT2D eigenvalue weighted by Crippen LogP contribution is -2.39. The van der Waals surface area contributed by atoms with Crippen LogP contribution in [0.1, 0.15) is 13.3 Å². The highest BCUT2D eigenvalue weighted by Gasteiger charge is 2.20. The van der Waals surface area contributed by atoms with Crippen molar-refractivity contribution in [3.05, 3.63) is 30.1 Å². The lowest BCUT2D eigenvalue weighted by atomic mass is 10.0. The molecule has 1 atom stereocenters. The molecule has 0 saturated heterocycles. The lowest BCUT2D eigenvalue weighted by molar-refractivity contribution is 0.272. The quantitative estimate of drug-likeness (QED) is 0.829. The Morgan fingerprint density at radius 1 is 1.56 bits per heavy atom. The van der Waals surface area contributed by atoms with Gasteiger partial charge in [-0.1, -0.05) is 6.07 Å². The van der Waals surface area contributed by atoms with Crippen LogP contribution in [-0.2, 0) is 0 Å². The monoisotopic (exact) mass is 222 g/mol. The third-order valence-electron chi connectivity index (χ3n) is 2.47. The van der Waals surface area contributed by atoms with Crippen molar-refractivity contribution >= 4 is 0 Å². The van der Waals surface area contributed by atoms with Gasteiger partial charge in [0, 0.05) is 12.5 Å². The summed E-state index contributed by atoms with van der Waals surface area (Å²) < 4.78 is 18.2. The summed E-state index contributed by atoms with van der Waals surface area (Å²) in [6.07, 6.45) is 0.538. The summed E-state index contributed by atoms with van der Waals surface area (Å²) in [5, 5.41) is 11.8. The number of benzene rings is 1.